The van der Waals surface area contributed by atoms with Gasteiger partial charge in [-0.25, -0.2) is 4.98 Å². The molecule has 0 radical (unpaired) electrons. The van der Waals surface area contributed by atoms with Crippen LogP contribution in [-0.4, -0.2) is 27.8 Å². The minimum Gasteiger partial charge on any atom is -0.491 e. The third-order valence-corrected chi connectivity index (χ3v) is 3.83. The fourth-order valence-electron chi connectivity index (χ4n) is 1.82. The number of ether oxygens (including phenoxy) is 1. The van der Waals surface area contributed by atoms with Gasteiger partial charge in [-0.2, -0.15) is 0 Å². The lowest BCUT2D eigenvalue weighted by atomic mass is 10.3. The normalized spacial score (nSPS) is 12.5. The lowest BCUT2D eigenvalue weighted by molar-refractivity contribution is 0.123. The third-order valence-electron chi connectivity index (χ3n) is 2.76. The number of thiazole rings is 1. The van der Waals surface area contributed by atoms with E-state index in [9.17, 15) is 5.11 Å². The van der Waals surface area contributed by atoms with Crippen LogP contribution in [0, 0.1) is 0 Å². The van der Waals surface area contributed by atoms with Crippen molar-refractivity contribution in [2.24, 2.45) is 0 Å². The van der Waals surface area contributed by atoms with E-state index in [4.69, 9.17) is 4.74 Å². The number of aromatic nitrogens is 2. The highest BCUT2D eigenvalue weighted by molar-refractivity contribution is 7.21. The van der Waals surface area contributed by atoms with Gasteiger partial charge >= 0.3 is 0 Å². The smallest absolute Gasteiger partial charge is 0.126 e. The SMILES string of the molecule is CC(O)COc1ccc2nc(-c3cccnc3)sc2c1. The maximum atomic E-state index is 9.24. The minimum absolute atomic E-state index is 0.291. The summed E-state index contributed by atoms with van der Waals surface area (Å²) in [6, 6.07) is 9.66. The van der Waals surface area contributed by atoms with Crippen LogP contribution >= 0.6 is 11.3 Å². The van der Waals surface area contributed by atoms with E-state index >= 15 is 0 Å². The van der Waals surface area contributed by atoms with Gasteiger partial charge in [-0.3, -0.25) is 4.98 Å². The molecule has 5 heteroatoms. The fraction of sp³-hybridized carbons (Fsp3) is 0.200. The fourth-order valence-corrected chi connectivity index (χ4v) is 2.81. The Labute approximate surface area is 120 Å². The van der Waals surface area contributed by atoms with E-state index in [1.165, 1.54) is 0 Å². The maximum Gasteiger partial charge on any atom is 0.126 e. The average molecular weight is 286 g/mol. The quantitative estimate of drug-likeness (QED) is 0.800. The number of aliphatic hydroxyl groups is 1. The van der Waals surface area contributed by atoms with Crippen molar-refractivity contribution in [2.45, 2.75) is 13.0 Å². The molecule has 0 aliphatic heterocycles. The highest BCUT2D eigenvalue weighted by Crippen LogP contribution is 2.31. The molecule has 2 aromatic heterocycles. The molecule has 3 aromatic rings. The predicted octanol–water partition coefficient (Wildman–Crippen LogP) is 3.12. The first-order chi connectivity index (χ1) is 9.72. The Morgan fingerprint density at radius 2 is 2.25 bits per heavy atom. The summed E-state index contributed by atoms with van der Waals surface area (Å²) in [6.07, 6.45) is 3.08. The van der Waals surface area contributed by atoms with Crippen LogP contribution in [0.25, 0.3) is 20.8 Å². The summed E-state index contributed by atoms with van der Waals surface area (Å²) < 4.78 is 6.57. The van der Waals surface area contributed by atoms with Crippen molar-refractivity contribution >= 4 is 21.6 Å². The summed E-state index contributed by atoms with van der Waals surface area (Å²) >= 11 is 1.61. The van der Waals surface area contributed by atoms with Gasteiger partial charge in [0, 0.05) is 18.0 Å². The summed E-state index contributed by atoms with van der Waals surface area (Å²) in [5.74, 6) is 0.750. The molecule has 0 amide bonds. The number of aliphatic hydroxyl groups excluding tert-OH is 1. The van der Waals surface area contributed by atoms with Crippen molar-refractivity contribution in [3.8, 4) is 16.3 Å². The Kier molecular flexibility index (Phi) is 3.62. The van der Waals surface area contributed by atoms with Crippen LogP contribution in [-0.2, 0) is 0 Å². The Hall–Kier alpha value is -1.98. The zero-order chi connectivity index (χ0) is 13.9. The molecule has 0 spiro atoms. The van der Waals surface area contributed by atoms with Crippen molar-refractivity contribution in [2.75, 3.05) is 6.61 Å². The van der Waals surface area contributed by atoms with E-state index in [1.54, 1.807) is 24.5 Å². The minimum atomic E-state index is -0.474. The van der Waals surface area contributed by atoms with Gasteiger partial charge < -0.3 is 9.84 Å². The number of nitrogens with zero attached hydrogens (tertiary/aromatic N) is 2. The lowest BCUT2D eigenvalue weighted by Gasteiger charge is -2.07. The van der Waals surface area contributed by atoms with Gasteiger partial charge in [0.05, 0.1) is 16.3 Å². The van der Waals surface area contributed by atoms with Crippen LogP contribution in [0.5, 0.6) is 5.75 Å². The third kappa shape index (κ3) is 2.79. The largest absolute Gasteiger partial charge is 0.491 e. The van der Waals surface area contributed by atoms with Crippen LogP contribution < -0.4 is 4.74 Å². The molecule has 0 aliphatic rings. The number of hydrogen-bond donors (Lipinski definition) is 1. The molecule has 0 fully saturated rings. The first-order valence-electron chi connectivity index (χ1n) is 6.34. The van der Waals surface area contributed by atoms with Gasteiger partial charge in [0.2, 0.25) is 0 Å². The van der Waals surface area contributed by atoms with Crippen LogP contribution in [0.4, 0.5) is 0 Å². The first-order valence-corrected chi connectivity index (χ1v) is 7.16. The standard InChI is InChI=1S/C15H14N2O2S/c1-10(18)9-19-12-4-5-13-14(7-12)20-15(17-13)11-3-2-6-16-8-11/h2-8,10,18H,9H2,1H3. The molecule has 3 rings (SSSR count). The molecule has 2 heterocycles. The van der Waals surface area contributed by atoms with E-state index in [-0.39, 0.29) is 0 Å². The van der Waals surface area contributed by atoms with Crippen LogP contribution in [0.15, 0.2) is 42.7 Å². The van der Waals surface area contributed by atoms with E-state index in [0.717, 1.165) is 26.5 Å². The van der Waals surface area contributed by atoms with Crippen molar-refractivity contribution in [1.82, 2.24) is 9.97 Å². The number of benzene rings is 1. The van der Waals surface area contributed by atoms with Gasteiger partial charge in [-0.05, 0) is 37.3 Å². The first kappa shape index (κ1) is 13.0. The molecule has 0 saturated heterocycles. The highest BCUT2D eigenvalue weighted by atomic mass is 32.1. The van der Waals surface area contributed by atoms with E-state index in [0.29, 0.717) is 6.61 Å². The van der Waals surface area contributed by atoms with E-state index in [1.807, 2.05) is 36.5 Å². The van der Waals surface area contributed by atoms with E-state index < -0.39 is 6.10 Å². The molecule has 0 bridgehead atoms. The topological polar surface area (TPSA) is 55.2 Å². The monoisotopic (exact) mass is 286 g/mol. The van der Waals surface area contributed by atoms with Gasteiger partial charge in [0.1, 0.15) is 17.4 Å². The van der Waals surface area contributed by atoms with E-state index in [2.05, 4.69) is 9.97 Å². The van der Waals surface area contributed by atoms with Gasteiger partial charge in [-0.1, -0.05) is 0 Å². The molecule has 4 nitrogen and oxygen atoms in total. The van der Waals surface area contributed by atoms with Crippen LogP contribution in [0.3, 0.4) is 0 Å². The molecule has 102 valence electrons. The van der Waals surface area contributed by atoms with Crippen molar-refractivity contribution in [3.05, 3.63) is 42.7 Å². The zero-order valence-corrected chi connectivity index (χ0v) is 11.8. The predicted molar refractivity (Wildman–Crippen MR) is 80.0 cm³/mol. The zero-order valence-electron chi connectivity index (χ0n) is 11.0. The maximum absolute atomic E-state index is 9.24. The number of rotatable bonds is 4. The second-order valence-corrected chi connectivity index (χ2v) is 5.58. The summed E-state index contributed by atoms with van der Waals surface area (Å²) in [4.78, 5) is 8.70. The number of pyridine rings is 1. The Morgan fingerprint density at radius 1 is 1.35 bits per heavy atom. The lowest BCUT2D eigenvalue weighted by Crippen LogP contribution is -2.12. The number of hydrogen-bond acceptors (Lipinski definition) is 5. The Bertz CT molecular complexity index is 710. The Balaban J connectivity index is 1.91. The molecule has 20 heavy (non-hydrogen) atoms. The molecule has 0 saturated carbocycles. The van der Waals surface area contributed by atoms with Crippen LogP contribution in [0.1, 0.15) is 6.92 Å². The molecule has 1 N–H and O–H groups in total. The second-order valence-electron chi connectivity index (χ2n) is 4.55. The second kappa shape index (κ2) is 5.56. The van der Waals surface area contributed by atoms with Gasteiger partial charge in [0.25, 0.3) is 0 Å². The van der Waals surface area contributed by atoms with Crippen molar-refractivity contribution in [1.29, 1.82) is 0 Å². The Morgan fingerprint density at radius 3 is 3.00 bits per heavy atom. The van der Waals surface area contributed by atoms with Gasteiger partial charge in [0.15, 0.2) is 0 Å². The summed E-state index contributed by atoms with van der Waals surface area (Å²) in [5, 5.41) is 10.2. The average Bonchev–Trinajstić information content (AvgIpc) is 2.89. The van der Waals surface area contributed by atoms with Crippen LogP contribution in [0.2, 0.25) is 0 Å². The molecule has 1 atom stereocenters. The summed E-state index contributed by atoms with van der Waals surface area (Å²) in [7, 11) is 0. The number of fused-ring (bicyclic) bond motifs is 1. The molecular formula is C15H14N2O2S. The highest BCUT2D eigenvalue weighted by Gasteiger charge is 2.07. The van der Waals surface area contributed by atoms with Crippen molar-refractivity contribution in [3.63, 3.8) is 0 Å². The molecule has 1 aromatic carbocycles. The van der Waals surface area contributed by atoms with Gasteiger partial charge in [-0.15, -0.1) is 11.3 Å². The van der Waals surface area contributed by atoms with Crippen molar-refractivity contribution < 1.29 is 9.84 Å². The summed E-state index contributed by atoms with van der Waals surface area (Å²) in [6.45, 7) is 1.99. The molecule has 1 unspecified atom stereocenters. The molecule has 0 aliphatic carbocycles. The molecular weight excluding hydrogens is 272 g/mol. The summed E-state index contributed by atoms with van der Waals surface area (Å²) in [5.41, 5.74) is 1.96.